The van der Waals surface area contributed by atoms with Crippen LogP contribution in [0.5, 0.6) is 0 Å². The van der Waals surface area contributed by atoms with Gasteiger partial charge in [-0.05, 0) is 18.4 Å². The molecule has 2 aromatic carbocycles. The number of rotatable bonds is 2. The molecular formula is C14H12N2S. The first kappa shape index (κ1) is 10.3. The van der Waals surface area contributed by atoms with Crippen molar-refractivity contribution < 1.29 is 0 Å². The lowest BCUT2D eigenvalue weighted by molar-refractivity contribution is 1.37. The average molecular weight is 240 g/mol. The van der Waals surface area contributed by atoms with Gasteiger partial charge < -0.3 is 5.32 Å². The summed E-state index contributed by atoms with van der Waals surface area (Å²) in [4.78, 5) is 5.54. The summed E-state index contributed by atoms with van der Waals surface area (Å²) >= 11 is 1.67. The van der Waals surface area contributed by atoms with Crippen LogP contribution in [0.3, 0.4) is 0 Å². The minimum atomic E-state index is 0.943. The van der Waals surface area contributed by atoms with Crippen LogP contribution >= 0.6 is 11.3 Å². The highest BCUT2D eigenvalue weighted by atomic mass is 32.1. The number of nitrogens with zero attached hydrogens (tertiary/aromatic N) is 1. The maximum absolute atomic E-state index is 4.33. The normalized spacial score (nSPS) is 10.6. The number of nitrogens with one attached hydrogen (secondary N) is 1. The summed E-state index contributed by atoms with van der Waals surface area (Å²) in [7, 11) is 0. The molecule has 0 amide bonds. The van der Waals surface area contributed by atoms with Crippen molar-refractivity contribution in [2.75, 3.05) is 5.32 Å². The van der Waals surface area contributed by atoms with Crippen LogP contribution in [0.4, 0.5) is 10.8 Å². The number of hydrogen-bond donors (Lipinski definition) is 1. The van der Waals surface area contributed by atoms with E-state index in [1.165, 1.54) is 15.6 Å². The van der Waals surface area contributed by atoms with E-state index in [0.717, 1.165) is 10.8 Å². The summed E-state index contributed by atoms with van der Waals surface area (Å²) in [5.41, 5.74) is 1.11. The summed E-state index contributed by atoms with van der Waals surface area (Å²) in [6.07, 6.45) is 1.89. The molecule has 0 aliphatic heterocycles. The van der Waals surface area contributed by atoms with Crippen molar-refractivity contribution in [2.24, 2.45) is 0 Å². The van der Waals surface area contributed by atoms with Gasteiger partial charge in [-0.3, -0.25) is 0 Å². The molecule has 0 fully saturated rings. The fourth-order valence-corrected chi connectivity index (χ4v) is 2.54. The van der Waals surface area contributed by atoms with Gasteiger partial charge in [0.2, 0.25) is 0 Å². The van der Waals surface area contributed by atoms with Crippen LogP contribution in [0.1, 0.15) is 4.88 Å². The Balaban J connectivity index is 2.05. The Kier molecular flexibility index (Phi) is 2.53. The van der Waals surface area contributed by atoms with Crippen LogP contribution in [0.25, 0.3) is 10.8 Å². The molecule has 17 heavy (non-hydrogen) atoms. The highest BCUT2D eigenvalue weighted by Gasteiger charge is 2.02. The van der Waals surface area contributed by atoms with E-state index in [4.69, 9.17) is 0 Å². The number of anilines is 2. The number of benzene rings is 2. The molecule has 0 atom stereocenters. The second kappa shape index (κ2) is 4.18. The van der Waals surface area contributed by atoms with Gasteiger partial charge in [0.15, 0.2) is 5.13 Å². The van der Waals surface area contributed by atoms with E-state index in [1.807, 2.05) is 6.20 Å². The first-order valence-electron chi connectivity index (χ1n) is 5.50. The van der Waals surface area contributed by atoms with Crippen molar-refractivity contribution in [3.8, 4) is 0 Å². The highest BCUT2D eigenvalue weighted by molar-refractivity contribution is 7.15. The van der Waals surface area contributed by atoms with Gasteiger partial charge in [0.1, 0.15) is 0 Å². The van der Waals surface area contributed by atoms with E-state index in [9.17, 15) is 0 Å². The number of fused-ring (bicyclic) bond motifs is 1. The molecule has 1 heterocycles. The van der Waals surface area contributed by atoms with Crippen molar-refractivity contribution in [3.63, 3.8) is 0 Å². The number of hydrogen-bond acceptors (Lipinski definition) is 3. The zero-order valence-electron chi connectivity index (χ0n) is 9.47. The van der Waals surface area contributed by atoms with Crippen LogP contribution < -0.4 is 5.32 Å². The smallest absolute Gasteiger partial charge is 0.187 e. The minimum absolute atomic E-state index is 0.943. The van der Waals surface area contributed by atoms with E-state index in [0.29, 0.717) is 0 Å². The number of thiazole rings is 1. The third-order valence-electron chi connectivity index (χ3n) is 2.65. The van der Waals surface area contributed by atoms with Gasteiger partial charge in [-0.15, -0.1) is 11.3 Å². The van der Waals surface area contributed by atoms with Crippen molar-refractivity contribution in [1.29, 1.82) is 0 Å². The summed E-state index contributed by atoms with van der Waals surface area (Å²) in [5, 5.41) is 6.78. The van der Waals surface area contributed by atoms with Gasteiger partial charge in [-0.1, -0.05) is 36.4 Å². The van der Waals surface area contributed by atoms with E-state index >= 15 is 0 Å². The summed E-state index contributed by atoms with van der Waals surface area (Å²) in [6, 6.07) is 14.6. The Morgan fingerprint density at radius 1 is 1.06 bits per heavy atom. The first-order valence-corrected chi connectivity index (χ1v) is 6.32. The second-order valence-electron chi connectivity index (χ2n) is 3.93. The van der Waals surface area contributed by atoms with Crippen molar-refractivity contribution in [2.45, 2.75) is 6.92 Å². The summed E-state index contributed by atoms with van der Waals surface area (Å²) in [5.74, 6) is 0. The molecule has 84 valence electrons. The molecule has 3 aromatic rings. The molecule has 2 nitrogen and oxygen atoms in total. The van der Waals surface area contributed by atoms with E-state index in [2.05, 4.69) is 59.7 Å². The zero-order chi connectivity index (χ0) is 11.7. The molecule has 3 heteroatoms. The Bertz CT molecular complexity index is 653. The van der Waals surface area contributed by atoms with Gasteiger partial charge in [0, 0.05) is 22.1 Å². The Hall–Kier alpha value is -1.87. The van der Waals surface area contributed by atoms with Crippen LogP contribution in [0.15, 0.2) is 48.7 Å². The first-order chi connectivity index (χ1) is 8.33. The van der Waals surface area contributed by atoms with E-state index in [1.54, 1.807) is 11.3 Å². The molecule has 0 unspecified atom stereocenters. The Morgan fingerprint density at radius 2 is 1.88 bits per heavy atom. The SMILES string of the molecule is Cc1cnc(Nc2cccc3ccccc23)s1. The van der Waals surface area contributed by atoms with E-state index in [-0.39, 0.29) is 0 Å². The molecule has 1 aromatic heterocycles. The largest absolute Gasteiger partial charge is 0.331 e. The molecule has 0 radical (unpaired) electrons. The topological polar surface area (TPSA) is 24.9 Å². The molecule has 0 spiro atoms. The van der Waals surface area contributed by atoms with Crippen molar-refractivity contribution in [3.05, 3.63) is 53.5 Å². The van der Waals surface area contributed by atoms with Crippen LogP contribution in [-0.2, 0) is 0 Å². The average Bonchev–Trinajstić information content (AvgIpc) is 2.75. The lowest BCUT2D eigenvalue weighted by atomic mass is 10.1. The predicted molar refractivity (Wildman–Crippen MR) is 74.1 cm³/mol. The number of aromatic nitrogens is 1. The standard InChI is InChI=1S/C14H12N2S/c1-10-9-15-14(17-10)16-13-8-4-6-11-5-2-3-7-12(11)13/h2-9H,1H3,(H,15,16). The fourth-order valence-electron chi connectivity index (χ4n) is 1.86. The molecule has 1 N–H and O–H groups in total. The molecule has 3 rings (SSSR count). The molecule has 0 bridgehead atoms. The van der Waals surface area contributed by atoms with Gasteiger partial charge >= 0.3 is 0 Å². The Morgan fingerprint density at radius 3 is 2.71 bits per heavy atom. The Labute approximate surface area is 104 Å². The second-order valence-corrected chi connectivity index (χ2v) is 5.16. The molecule has 0 saturated heterocycles. The van der Waals surface area contributed by atoms with E-state index < -0.39 is 0 Å². The fraction of sp³-hybridized carbons (Fsp3) is 0.0714. The van der Waals surface area contributed by atoms with Crippen molar-refractivity contribution >= 4 is 32.9 Å². The third-order valence-corrected chi connectivity index (χ3v) is 3.48. The third kappa shape index (κ3) is 2.01. The zero-order valence-corrected chi connectivity index (χ0v) is 10.3. The highest BCUT2D eigenvalue weighted by Crippen LogP contribution is 2.28. The predicted octanol–water partition coefficient (Wildman–Crippen LogP) is 4.35. The molecule has 0 saturated carbocycles. The van der Waals surface area contributed by atoms with Crippen LogP contribution in [0, 0.1) is 6.92 Å². The number of aryl methyl sites for hydroxylation is 1. The monoisotopic (exact) mass is 240 g/mol. The summed E-state index contributed by atoms with van der Waals surface area (Å²) < 4.78 is 0. The maximum atomic E-state index is 4.33. The lowest BCUT2D eigenvalue weighted by Crippen LogP contribution is -1.89. The maximum Gasteiger partial charge on any atom is 0.187 e. The quantitative estimate of drug-likeness (QED) is 0.720. The lowest BCUT2D eigenvalue weighted by Gasteiger charge is -2.06. The summed E-state index contributed by atoms with van der Waals surface area (Å²) in [6.45, 7) is 2.06. The van der Waals surface area contributed by atoms with Crippen molar-refractivity contribution in [1.82, 2.24) is 4.98 Å². The van der Waals surface area contributed by atoms with Gasteiger partial charge in [0.05, 0.1) is 0 Å². The van der Waals surface area contributed by atoms with Gasteiger partial charge in [-0.2, -0.15) is 0 Å². The van der Waals surface area contributed by atoms with Crippen LogP contribution in [-0.4, -0.2) is 4.98 Å². The van der Waals surface area contributed by atoms with Gasteiger partial charge in [-0.25, -0.2) is 4.98 Å². The minimum Gasteiger partial charge on any atom is -0.331 e. The molecule has 0 aliphatic carbocycles. The van der Waals surface area contributed by atoms with Gasteiger partial charge in [0.25, 0.3) is 0 Å². The van der Waals surface area contributed by atoms with Crippen LogP contribution in [0.2, 0.25) is 0 Å². The molecular weight excluding hydrogens is 228 g/mol. The molecule has 0 aliphatic rings.